The Morgan fingerprint density at radius 2 is 1.91 bits per heavy atom. The highest BCUT2D eigenvalue weighted by Crippen LogP contribution is 2.16. The molecule has 1 aromatic rings. The van der Waals surface area contributed by atoms with E-state index in [0.29, 0.717) is 0 Å². The number of rotatable bonds is 7. The van der Waals surface area contributed by atoms with Gasteiger partial charge in [-0.3, -0.25) is 19.2 Å². The Morgan fingerprint density at radius 1 is 1.19 bits per heavy atom. The maximum atomic E-state index is 13.0. The molecule has 0 spiro atoms. The van der Waals surface area contributed by atoms with Crippen molar-refractivity contribution in [1.29, 1.82) is 0 Å². The van der Waals surface area contributed by atoms with Crippen LogP contribution >= 0.6 is 0 Å². The number of hydrogen-bond acceptors (Lipinski definition) is 8. The van der Waals surface area contributed by atoms with Gasteiger partial charge in [0, 0.05) is 18.7 Å². The van der Waals surface area contributed by atoms with Gasteiger partial charge in [0.25, 0.3) is 5.91 Å². The molecule has 0 bridgehead atoms. The molecule has 3 unspecified atom stereocenters. The van der Waals surface area contributed by atoms with Gasteiger partial charge < -0.3 is 25.0 Å². The van der Waals surface area contributed by atoms with E-state index in [4.69, 9.17) is 9.47 Å². The molecule has 3 atom stereocenters. The molecule has 3 amide bonds. The molecule has 2 N–H and O–H groups in total. The number of nitrogens with zero attached hydrogens (tertiary/aromatic N) is 1. The van der Waals surface area contributed by atoms with Crippen LogP contribution in [0.15, 0.2) is 30.3 Å². The third-order valence-corrected chi connectivity index (χ3v) is 6.66. The summed E-state index contributed by atoms with van der Waals surface area (Å²) in [5, 5.41) is 5.05. The number of amides is 3. The minimum Gasteiger partial charge on any atom is -0.433 e. The van der Waals surface area contributed by atoms with Gasteiger partial charge in [0.05, 0.1) is 24.5 Å². The van der Waals surface area contributed by atoms with Crippen molar-refractivity contribution in [1.82, 2.24) is 15.5 Å². The van der Waals surface area contributed by atoms with Gasteiger partial charge in [-0.15, -0.1) is 0 Å². The zero-order chi connectivity index (χ0) is 23.3. The Bertz CT molecular complexity index is 982. The van der Waals surface area contributed by atoms with Crippen LogP contribution in [0.3, 0.4) is 0 Å². The number of hydrogen-bond donors (Lipinski definition) is 2. The van der Waals surface area contributed by atoms with E-state index in [1.165, 1.54) is 12.1 Å². The number of esters is 1. The molecule has 12 heteroatoms. The highest BCUT2D eigenvalue weighted by atomic mass is 32.2. The molecular formula is C20H25N3O8S. The highest BCUT2D eigenvalue weighted by Gasteiger charge is 2.39. The average molecular weight is 468 g/mol. The van der Waals surface area contributed by atoms with Crippen molar-refractivity contribution < 1.29 is 37.1 Å². The maximum absolute atomic E-state index is 13.0. The minimum atomic E-state index is -3.64. The van der Waals surface area contributed by atoms with Crippen LogP contribution in [0.25, 0.3) is 0 Å². The van der Waals surface area contributed by atoms with Crippen LogP contribution < -0.4 is 10.6 Å². The Kier molecular flexibility index (Phi) is 7.46. The van der Waals surface area contributed by atoms with Crippen LogP contribution in [-0.2, 0) is 33.7 Å². The van der Waals surface area contributed by atoms with Crippen molar-refractivity contribution in [2.24, 2.45) is 0 Å². The first kappa shape index (κ1) is 23.7. The molecule has 2 heterocycles. The van der Waals surface area contributed by atoms with Crippen molar-refractivity contribution in [3.8, 4) is 0 Å². The molecule has 0 saturated carbocycles. The van der Waals surface area contributed by atoms with Crippen LogP contribution in [0, 0.1) is 0 Å². The average Bonchev–Trinajstić information content (AvgIpc) is 3.04. The third kappa shape index (κ3) is 6.04. The lowest BCUT2D eigenvalue weighted by molar-refractivity contribution is -0.164. The first-order valence-corrected chi connectivity index (χ1v) is 12.0. The number of benzene rings is 1. The second-order valence-electron chi connectivity index (χ2n) is 7.46. The lowest BCUT2D eigenvalue weighted by Crippen LogP contribution is -2.53. The number of carbonyl (C=O) groups excluding carboxylic acids is 4. The van der Waals surface area contributed by atoms with Gasteiger partial charge in [-0.1, -0.05) is 18.2 Å². The summed E-state index contributed by atoms with van der Waals surface area (Å²) in [6.45, 7) is 1.36. The standard InChI is InChI=1S/C20H25N3O8S/c1-2-30-20-14(10-17(25)31-20)21-16(24)11-23-8-9-32(28,29)12-15(19(23)27)22-18(26)13-6-4-3-5-7-13/h3-7,14-15,20H,2,8-12H2,1H3,(H,21,24)(H,22,26). The normalized spacial score (nSPS) is 25.0. The first-order chi connectivity index (χ1) is 15.2. The van der Waals surface area contributed by atoms with Gasteiger partial charge in [0.1, 0.15) is 12.1 Å². The molecule has 2 saturated heterocycles. The molecule has 0 aromatic heterocycles. The second kappa shape index (κ2) is 10.1. The Morgan fingerprint density at radius 3 is 2.59 bits per heavy atom. The number of cyclic esters (lactones) is 1. The van der Waals surface area contributed by atoms with Crippen LogP contribution in [-0.4, -0.2) is 86.6 Å². The Balaban J connectivity index is 1.67. The summed E-state index contributed by atoms with van der Waals surface area (Å²) in [6.07, 6.45) is -0.997. The van der Waals surface area contributed by atoms with Crippen LogP contribution in [0.4, 0.5) is 0 Å². The molecular weight excluding hydrogens is 442 g/mol. The van der Waals surface area contributed by atoms with Gasteiger partial charge in [0.2, 0.25) is 18.1 Å². The Hall–Kier alpha value is -2.99. The topological polar surface area (TPSA) is 148 Å². The predicted octanol–water partition coefficient (Wildman–Crippen LogP) is -1.16. The van der Waals surface area contributed by atoms with Gasteiger partial charge in [0.15, 0.2) is 9.84 Å². The zero-order valence-corrected chi connectivity index (χ0v) is 18.3. The minimum absolute atomic E-state index is 0.0749. The third-order valence-electron chi connectivity index (χ3n) is 5.02. The summed E-state index contributed by atoms with van der Waals surface area (Å²) < 4.78 is 34.9. The van der Waals surface area contributed by atoms with Crippen molar-refractivity contribution in [3.05, 3.63) is 35.9 Å². The number of nitrogens with one attached hydrogen (secondary N) is 2. The molecule has 2 aliphatic heterocycles. The van der Waals surface area contributed by atoms with Gasteiger partial charge in [-0.25, -0.2) is 8.42 Å². The molecule has 1 aromatic carbocycles. The fourth-order valence-corrected chi connectivity index (χ4v) is 4.87. The lowest BCUT2D eigenvalue weighted by atomic mass is 10.2. The largest absolute Gasteiger partial charge is 0.433 e. The van der Waals surface area contributed by atoms with E-state index in [9.17, 15) is 27.6 Å². The lowest BCUT2D eigenvalue weighted by Gasteiger charge is -2.25. The van der Waals surface area contributed by atoms with Crippen LogP contribution in [0.2, 0.25) is 0 Å². The summed E-state index contributed by atoms with van der Waals surface area (Å²) in [4.78, 5) is 50.5. The van der Waals surface area contributed by atoms with Crippen molar-refractivity contribution in [2.75, 3.05) is 31.2 Å². The molecule has 32 heavy (non-hydrogen) atoms. The van der Waals surface area contributed by atoms with Gasteiger partial charge in [-0.05, 0) is 19.1 Å². The van der Waals surface area contributed by atoms with Crippen molar-refractivity contribution >= 4 is 33.5 Å². The number of ether oxygens (including phenoxy) is 2. The zero-order valence-electron chi connectivity index (χ0n) is 17.5. The van der Waals surface area contributed by atoms with E-state index >= 15 is 0 Å². The molecule has 174 valence electrons. The monoisotopic (exact) mass is 467 g/mol. The second-order valence-corrected chi connectivity index (χ2v) is 9.69. The SMILES string of the molecule is CCOC1OC(=O)CC1NC(=O)CN1CCS(=O)(=O)CC(NC(=O)c2ccccc2)C1=O. The number of carbonyl (C=O) groups is 4. The quantitative estimate of drug-likeness (QED) is 0.477. The molecule has 0 aliphatic carbocycles. The molecule has 2 fully saturated rings. The summed E-state index contributed by atoms with van der Waals surface area (Å²) in [6, 6.07) is 6.04. The Labute approximate surface area is 185 Å². The highest BCUT2D eigenvalue weighted by molar-refractivity contribution is 7.91. The van der Waals surface area contributed by atoms with Crippen LogP contribution in [0.5, 0.6) is 0 Å². The van der Waals surface area contributed by atoms with E-state index in [2.05, 4.69) is 10.6 Å². The van der Waals surface area contributed by atoms with E-state index in [1.807, 2.05) is 0 Å². The van der Waals surface area contributed by atoms with E-state index in [1.54, 1.807) is 25.1 Å². The predicted molar refractivity (Wildman–Crippen MR) is 111 cm³/mol. The van der Waals surface area contributed by atoms with E-state index < -0.39 is 64.2 Å². The molecule has 3 rings (SSSR count). The summed E-state index contributed by atoms with van der Waals surface area (Å²) in [5.41, 5.74) is 0.277. The summed E-state index contributed by atoms with van der Waals surface area (Å²) in [5.74, 6) is -3.28. The first-order valence-electron chi connectivity index (χ1n) is 10.1. The fourth-order valence-electron chi connectivity index (χ4n) is 3.47. The molecule has 0 radical (unpaired) electrons. The van der Waals surface area contributed by atoms with E-state index in [0.717, 1.165) is 4.90 Å². The van der Waals surface area contributed by atoms with Gasteiger partial charge >= 0.3 is 5.97 Å². The van der Waals surface area contributed by atoms with Crippen molar-refractivity contribution in [2.45, 2.75) is 31.7 Å². The fraction of sp³-hybridized carbons (Fsp3) is 0.500. The molecule has 11 nitrogen and oxygen atoms in total. The van der Waals surface area contributed by atoms with Crippen molar-refractivity contribution in [3.63, 3.8) is 0 Å². The molecule has 2 aliphatic rings. The summed E-state index contributed by atoms with van der Waals surface area (Å²) >= 11 is 0. The maximum Gasteiger partial charge on any atom is 0.310 e. The number of sulfone groups is 1. The smallest absolute Gasteiger partial charge is 0.310 e. The summed E-state index contributed by atoms with van der Waals surface area (Å²) in [7, 11) is -3.64. The van der Waals surface area contributed by atoms with Crippen LogP contribution in [0.1, 0.15) is 23.7 Å². The van der Waals surface area contributed by atoms with E-state index in [-0.39, 0.29) is 30.9 Å². The van der Waals surface area contributed by atoms with Gasteiger partial charge in [-0.2, -0.15) is 0 Å².